The van der Waals surface area contributed by atoms with Crippen molar-refractivity contribution in [1.82, 2.24) is 9.55 Å². The SMILES string of the molecule is CC(C)CN(C(=O)c1cc(Cl)ccc1Cl)c1c(N)n(CC(C)C)c(=O)[nH]c1=O. The van der Waals surface area contributed by atoms with Crippen LogP contribution in [0, 0.1) is 11.8 Å². The zero-order chi connectivity index (χ0) is 21.2. The smallest absolute Gasteiger partial charge is 0.330 e. The minimum Gasteiger partial charge on any atom is -0.383 e. The zero-order valence-corrected chi connectivity index (χ0v) is 17.8. The summed E-state index contributed by atoms with van der Waals surface area (Å²) in [6, 6.07) is 4.52. The van der Waals surface area contributed by atoms with E-state index in [9.17, 15) is 14.4 Å². The minimum atomic E-state index is -0.727. The lowest BCUT2D eigenvalue weighted by atomic mass is 10.1. The maximum atomic E-state index is 13.3. The van der Waals surface area contributed by atoms with Crippen LogP contribution in [-0.2, 0) is 6.54 Å². The van der Waals surface area contributed by atoms with Crippen LogP contribution in [0.2, 0.25) is 10.0 Å². The van der Waals surface area contributed by atoms with Gasteiger partial charge in [0.15, 0.2) is 5.69 Å². The van der Waals surface area contributed by atoms with Gasteiger partial charge < -0.3 is 10.6 Å². The van der Waals surface area contributed by atoms with Gasteiger partial charge in [-0.3, -0.25) is 19.1 Å². The topological polar surface area (TPSA) is 101 Å². The summed E-state index contributed by atoms with van der Waals surface area (Å²) in [4.78, 5) is 41.6. The molecule has 0 radical (unpaired) electrons. The largest absolute Gasteiger partial charge is 0.383 e. The van der Waals surface area contributed by atoms with E-state index < -0.39 is 17.2 Å². The van der Waals surface area contributed by atoms with Gasteiger partial charge in [-0.15, -0.1) is 0 Å². The molecule has 0 unspecified atom stereocenters. The van der Waals surface area contributed by atoms with Crippen molar-refractivity contribution < 1.29 is 4.79 Å². The van der Waals surface area contributed by atoms with Crippen molar-refractivity contribution in [3.63, 3.8) is 0 Å². The number of carbonyl (C=O) groups excluding carboxylic acids is 1. The molecule has 1 aromatic heterocycles. The average molecular weight is 427 g/mol. The summed E-state index contributed by atoms with van der Waals surface area (Å²) >= 11 is 12.2. The number of hydrogen-bond donors (Lipinski definition) is 2. The lowest BCUT2D eigenvalue weighted by Crippen LogP contribution is -2.43. The highest BCUT2D eigenvalue weighted by Gasteiger charge is 2.27. The van der Waals surface area contributed by atoms with E-state index in [1.54, 1.807) is 6.07 Å². The van der Waals surface area contributed by atoms with E-state index in [1.165, 1.54) is 21.6 Å². The highest BCUT2D eigenvalue weighted by molar-refractivity contribution is 6.36. The number of nitrogens with two attached hydrogens (primary N) is 1. The molecule has 1 amide bonds. The van der Waals surface area contributed by atoms with E-state index >= 15 is 0 Å². The Labute approximate surface area is 173 Å². The molecule has 2 rings (SSSR count). The van der Waals surface area contributed by atoms with Crippen molar-refractivity contribution in [1.29, 1.82) is 0 Å². The Hall–Kier alpha value is -2.25. The Balaban J connectivity index is 2.70. The first-order valence-corrected chi connectivity index (χ1v) is 9.68. The first kappa shape index (κ1) is 22.0. The van der Waals surface area contributed by atoms with Crippen LogP contribution in [0.25, 0.3) is 0 Å². The van der Waals surface area contributed by atoms with E-state index in [2.05, 4.69) is 4.98 Å². The highest BCUT2D eigenvalue weighted by Crippen LogP contribution is 2.26. The maximum Gasteiger partial charge on any atom is 0.330 e. The number of anilines is 2. The zero-order valence-electron chi connectivity index (χ0n) is 16.3. The molecule has 1 aromatic carbocycles. The van der Waals surface area contributed by atoms with Crippen molar-refractivity contribution in [2.75, 3.05) is 17.2 Å². The van der Waals surface area contributed by atoms with Crippen molar-refractivity contribution in [2.24, 2.45) is 11.8 Å². The van der Waals surface area contributed by atoms with Crippen LogP contribution in [0.5, 0.6) is 0 Å². The molecule has 0 aliphatic rings. The van der Waals surface area contributed by atoms with E-state index in [1.807, 2.05) is 27.7 Å². The number of rotatable bonds is 6. The van der Waals surface area contributed by atoms with E-state index in [4.69, 9.17) is 28.9 Å². The molecule has 0 aliphatic carbocycles. The molecule has 0 spiro atoms. The number of nitrogens with one attached hydrogen (secondary N) is 1. The molecule has 0 bridgehead atoms. The van der Waals surface area contributed by atoms with Gasteiger partial charge in [0.1, 0.15) is 5.82 Å². The molecule has 7 nitrogen and oxygen atoms in total. The molecule has 0 saturated carbocycles. The second kappa shape index (κ2) is 8.84. The Morgan fingerprint density at radius 1 is 1.18 bits per heavy atom. The second-order valence-corrected chi connectivity index (χ2v) is 8.27. The van der Waals surface area contributed by atoms with Gasteiger partial charge in [0, 0.05) is 18.1 Å². The van der Waals surface area contributed by atoms with Gasteiger partial charge in [-0.05, 0) is 30.0 Å². The number of aromatic amines is 1. The third kappa shape index (κ3) is 4.77. The van der Waals surface area contributed by atoms with E-state index in [0.29, 0.717) is 11.6 Å². The number of nitrogens with zero attached hydrogens (tertiary/aromatic N) is 2. The molecule has 9 heteroatoms. The second-order valence-electron chi connectivity index (χ2n) is 7.43. The Morgan fingerprint density at radius 3 is 2.39 bits per heavy atom. The predicted octanol–water partition coefficient (Wildman–Crippen LogP) is 3.38. The summed E-state index contributed by atoms with van der Waals surface area (Å²) in [5.74, 6) is -0.454. The lowest BCUT2D eigenvalue weighted by Gasteiger charge is -2.26. The van der Waals surface area contributed by atoms with Gasteiger partial charge in [0.05, 0.1) is 10.6 Å². The van der Waals surface area contributed by atoms with Crippen LogP contribution in [0.15, 0.2) is 27.8 Å². The summed E-state index contributed by atoms with van der Waals surface area (Å²) in [5.41, 5.74) is 4.92. The van der Waals surface area contributed by atoms with Crippen LogP contribution in [-0.4, -0.2) is 22.0 Å². The number of amides is 1. The molecule has 0 atom stereocenters. The quantitative estimate of drug-likeness (QED) is 0.738. The number of hydrogen-bond acceptors (Lipinski definition) is 4. The molecular weight excluding hydrogens is 403 g/mol. The molecule has 1 heterocycles. The lowest BCUT2D eigenvalue weighted by molar-refractivity contribution is 0.0983. The standard InChI is InChI=1S/C19H24Cl2N4O3/c1-10(2)8-24(18(27)13-7-12(20)5-6-14(13)21)15-16(22)25(9-11(3)4)19(28)23-17(15)26/h5-7,10-11H,8-9,22H2,1-4H3,(H,23,26,28). The third-order valence-corrected chi connectivity index (χ3v) is 4.55. The first-order chi connectivity index (χ1) is 13.0. The monoisotopic (exact) mass is 426 g/mol. The molecular formula is C19H24Cl2N4O3. The summed E-state index contributed by atoms with van der Waals surface area (Å²) in [5, 5.41) is 0.539. The van der Waals surface area contributed by atoms with Crippen molar-refractivity contribution in [3.05, 3.63) is 54.6 Å². The Bertz CT molecular complexity index is 996. The number of carbonyl (C=O) groups is 1. The Kier molecular flexibility index (Phi) is 6.96. The van der Waals surface area contributed by atoms with Gasteiger partial charge in [-0.25, -0.2) is 4.79 Å². The Morgan fingerprint density at radius 2 is 1.82 bits per heavy atom. The molecule has 2 aromatic rings. The third-order valence-electron chi connectivity index (χ3n) is 3.98. The number of aromatic nitrogens is 2. The number of halogens is 2. The first-order valence-electron chi connectivity index (χ1n) is 8.92. The van der Waals surface area contributed by atoms with E-state index in [-0.39, 0.29) is 40.5 Å². The average Bonchev–Trinajstić information content (AvgIpc) is 2.58. The molecule has 0 saturated heterocycles. The van der Waals surface area contributed by atoms with Gasteiger partial charge in [-0.2, -0.15) is 0 Å². The number of nitrogen functional groups attached to an aromatic ring is 1. The van der Waals surface area contributed by atoms with E-state index in [0.717, 1.165) is 0 Å². The van der Waals surface area contributed by atoms with Gasteiger partial charge in [0.25, 0.3) is 11.5 Å². The number of benzene rings is 1. The molecule has 152 valence electrons. The summed E-state index contributed by atoms with van der Waals surface area (Å²) in [6.45, 7) is 8.13. The fourth-order valence-electron chi connectivity index (χ4n) is 2.83. The van der Waals surface area contributed by atoms with Crippen molar-refractivity contribution >= 4 is 40.6 Å². The summed E-state index contributed by atoms with van der Waals surface area (Å²) in [7, 11) is 0. The van der Waals surface area contributed by atoms with Crippen LogP contribution < -0.4 is 21.9 Å². The van der Waals surface area contributed by atoms with Crippen LogP contribution >= 0.6 is 23.2 Å². The van der Waals surface area contributed by atoms with Gasteiger partial charge in [-0.1, -0.05) is 50.9 Å². The predicted molar refractivity (Wildman–Crippen MR) is 114 cm³/mol. The number of H-pyrrole nitrogens is 1. The fraction of sp³-hybridized carbons (Fsp3) is 0.421. The summed E-state index contributed by atoms with van der Waals surface area (Å²) < 4.78 is 1.27. The van der Waals surface area contributed by atoms with Gasteiger partial charge in [0.2, 0.25) is 0 Å². The molecule has 3 N–H and O–H groups in total. The fourth-order valence-corrected chi connectivity index (χ4v) is 3.20. The summed E-state index contributed by atoms with van der Waals surface area (Å²) in [6.07, 6.45) is 0. The highest BCUT2D eigenvalue weighted by atomic mass is 35.5. The van der Waals surface area contributed by atoms with Crippen LogP contribution in [0.3, 0.4) is 0 Å². The molecule has 28 heavy (non-hydrogen) atoms. The van der Waals surface area contributed by atoms with Crippen LogP contribution in [0.4, 0.5) is 11.5 Å². The molecule has 0 aliphatic heterocycles. The molecule has 0 fully saturated rings. The maximum absolute atomic E-state index is 13.3. The van der Waals surface area contributed by atoms with Crippen LogP contribution in [0.1, 0.15) is 38.1 Å². The van der Waals surface area contributed by atoms with Gasteiger partial charge >= 0.3 is 5.69 Å². The van der Waals surface area contributed by atoms with Crippen molar-refractivity contribution in [2.45, 2.75) is 34.2 Å². The van der Waals surface area contributed by atoms with Crippen molar-refractivity contribution in [3.8, 4) is 0 Å². The minimum absolute atomic E-state index is 0.0196. The normalized spacial score (nSPS) is 11.3.